The molecule has 3 nitrogen and oxygen atoms in total. The predicted molar refractivity (Wildman–Crippen MR) is 90.1 cm³/mol. The first-order chi connectivity index (χ1) is 9.99. The Balaban J connectivity index is 1.96. The zero-order valence-electron chi connectivity index (χ0n) is 14.0. The molecule has 0 spiro atoms. The first kappa shape index (κ1) is 16.3. The molecule has 0 radical (unpaired) electrons. The third kappa shape index (κ3) is 3.78. The van der Waals surface area contributed by atoms with Crippen molar-refractivity contribution < 1.29 is 5.11 Å². The number of nitrogens with zero attached hydrogens (tertiary/aromatic N) is 2. The Bertz CT molecular complexity index is 460. The molecule has 0 aromatic heterocycles. The maximum absolute atomic E-state index is 9.58. The molecule has 1 aliphatic heterocycles. The molecule has 0 aliphatic carbocycles. The minimum absolute atomic E-state index is 0.0431. The molecule has 1 saturated heterocycles. The summed E-state index contributed by atoms with van der Waals surface area (Å²) in [5.41, 5.74) is 4.20. The van der Waals surface area contributed by atoms with Crippen molar-refractivity contribution in [3.63, 3.8) is 0 Å². The SMILES string of the molecule is CCC(C)(CO)CN1CCN(c2cccc(C)c2C)CC1. The van der Waals surface area contributed by atoms with E-state index in [9.17, 15) is 5.11 Å². The van der Waals surface area contributed by atoms with Crippen LogP contribution in [0.4, 0.5) is 5.69 Å². The van der Waals surface area contributed by atoms with Gasteiger partial charge in [0.2, 0.25) is 0 Å². The van der Waals surface area contributed by atoms with Crippen molar-refractivity contribution in [3.05, 3.63) is 29.3 Å². The lowest BCUT2D eigenvalue weighted by molar-refractivity contribution is 0.0818. The molecule has 118 valence electrons. The van der Waals surface area contributed by atoms with Crippen molar-refractivity contribution in [1.82, 2.24) is 4.90 Å². The predicted octanol–water partition coefficient (Wildman–Crippen LogP) is 2.83. The Morgan fingerprint density at radius 1 is 1.14 bits per heavy atom. The highest BCUT2D eigenvalue weighted by molar-refractivity contribution is 5.56. The van der Waals surface area contributed by atoms with Gasteiger partial charge in [0.15, 0.2) is 0 Å². The zero-order valence-corrected chi connectivity index (χ0v) is 14.0. The van der Waals surface area contributed by atoms with E-state index < -0.39 is 0 Å². The third-order valence-corrected chi connectivity index (χ3v) is 5.13. The van der Waals surface area contributed by atoms with Crippen molar-refractivity contribution in [3.8, 4) is 0 Å². The number of hydrogen-bond acceptors (Lipinski definition) is 3. The molecule has 1 N–H and O–H groups in total. The molecule has 1 aliphatic rings. The first-order valence-corrected chi connectivity index (χ1v) is 8.13. The van der Waals surface area contributed by atoms with Crippen LogP contribution >= 0.6 is 0 Å². The van der Waals surface area contributed by atoms with Crippen molar-refractivity contribution in [2.45, 2.75) is 34.1 Å². The molecule has 1 atom stereocenters. The van der Waals surface area contributed by atoms with Crippen LogP contribution in [0, 0.1) is 19.3 Å². The lowest BCUT2D eigenvalue weighted by atomic mass is 9.88. The van der Waals surface area contributed by atoms with Gasteiger partial charge in [-0.05, 0) is 37.5 Å². The van der Waals surface area contributed by atoms with Crippen molar-refractivity contribution >= 4 is 5.69 Å². The van der Waals surface area contributed by atoms with E-state index in [2.05, 4.69) is 55.7 Å². The van der Waals surface area contributed by atoms with E-state index in [1.165, 1.54) is 16.8 Å². The van der Waals surface area contributed by atoms with E-state index in [1.807, 2.05) is 0 Å². The molecule has 1 heterocycles. The van der Waals surface area contributed by atoms with Gasteiger partial charge in [0.25, 0.3) is 0 Å². The molecule has 21 heavy (non-hydrogen) atoms. The summed E-state index contributed by atoms with van der Waals surface area (Å²) in [6.07, 6.45) is 1.03. The summed E-state index contributed by atoms with van der Waals surface area (Å²) < 4.78 is 0. The lowest BCUT2D eigenvalue weighted by Gasteiger charge is -2.40. The molecule has 2 rings (SSSR count). The minimum atomic E-state index is 0.0431. The zero-order chi connectivity index (χ0) is 15.5. The maximum atomic E-state index is 9.58. The Kier molecular flexibility index (Phi) is 5.28. The van der Waals surface area contributed by atoms with Gasteiger partial charge in [-0.3, -0.25) is 4.90 Å². The summed E-state index contributed by atoms with van der Waals surface area (Å²) in [5.74, 6) is 0. The topological polar surface area (TPSA) is 26.7 Å². The van der Waals surface area contributed by atoms with Crippen molar-refractivity contribution in [1.29, 1.82) is 0 Å². The van der Waals surface area contributed by atoms with E-state index in [0.717, 1.165) is 39.1 Å². The summed E-state index contributed by atoms with van der Waals surface area (Å²) >= 11 is 0. The maximum Gasteiger partial charge on any atom is 0.0496 e. The van der Waals surface area contributed by atoms with Gasteiger partial charge in [0, 0.05) is 50.4 Å². The summed E-state index contributed by atoms with van der Waals surface area (Å²) in [7, 11) is 0. The molecular weight excluding hydrogens is 260 g/mol. The second-order valence-corrected chi connectivity index (χ2v) is 6.80. The fourth-order valence-electron chi connectivity index (χ4n) is 3.04. The van der Waals surface area contributed by atoms with Crippen LogP contribution in [-0.2, 0) is 0 Å². The quantitative estimate of drug-likeness (QED) is 0.903. The van der Waals surface area contributed by atoms with Gasteiger partial charge in [0.05, 0.1) is 0 Å². The Hall–Kier alpha value is -1.06. The van der Waals surface area contributed by atoms with Gasteiger partial charge in [-0.15, -0.1) is 0 Å². The van der Waals surface area contributed by atoms with E-state index in [4.69, 9.17) is 0 Å². The van der Waals surface area contributed by atoms with Crippen LogP contribution in [0.5, 0.6) is 0 Å². The second-order valence-electron chi connectivity index (χ2n) is 6.80. The number of anilines is 1. The smallest absolute Gasteiger partial charge is 0.0496 e. The van der Waals surface area contributed by atoms with Gasteiger partial charge >= 0.3 is 0 Å². The van der Waals surface area contributed by atoms with Gasteiger partial charge in [0.1, 0.15) is 0 Å². The van der Waals surface area contributed by atoms with Crippen LogP contribution in [0.3, 0.4) is 0 Å². The Morgan fingerprint density at radius 2 is 1.81 bits per heavy atom. The normalized spacial score (nSPS) is 19.6. The standard InChI is InChI=1S/C18H30N2O/c1-5-18(4,14-21)13-19-9-11-20(12-10-19)17-8-6-7-15(2)16(17)3/h6-8,21H,5,9-14H2,1-4H3. The van der Waals surface area contributed by atoms with Crippen LogP contribution in [0.25, 0.3) is 0 Å². The van der Waals surface area contributed by atoms with Crippen LogP contribution in [0.1, 0.15) is 31.4 Å². The molecule has 1 aromatic rings. The molecule has 0 saturated carbocycles. The number of benzene rings is 1. The summed E-state index contributed by atoms with van der Waals surface area (Å²) in [6.45, 7) is 14.4. The van der Waals surface area contributed by atoms with Gasteiger partial charge in [-0.1, -0.05) is 26.0 Å². The van der Waals surface area contributed by atoms with Crippen molar-refractivity contribution in [2.24, 2.45) is 5.41 Å². The lowest BCUT2D eigenvalue weighted by Crippen LogP contribution is -2.50. The highest BCUT2D eigenvalue weighted by atomic mass is 16.3. The minimum Gasteiger partial charge on any atom is -0.396 e. The highest BCUT2D eigenvalue weighted by Crippen LogP contribution is 2.26. The Morgan fingerprint density at radius 3 is 2.38 bits per heavy atom. The van der Waals surface area contributed by atoms with E-state index in [-0.39, 0.29) is 12.0 Å². The molecule has 1 unspecified atom stereocenters. The molecule has 0 amide bonds. The van der Waals surface area contributed by atoms with Crippen LogP contribution in [0.2, 0.25) is 0 Å². The fourth-order valence-corrected chi connectivity index (χ4v) is 3.04. The number of aryl methyl sites for hydroxylation is 1. The number of aliphatic hydroxyl groups excluding tert-OH is 1. The molecule has 3 heteroatoms. The molecule has 0 bridgehead atoms. The molecule has 1 fully saturated rings. The van der Waals surface area contributed by atoms with Gasteiger partial charge < -0.3 is 10.0 Å². The number of rotatable bonds is 5. The first-order valence-electron chi connectivity index (χ1n) is 8.13. The fraction of sp³-hybridized carbons (Fsp3) is 0.667. The van der Waals surface area contributed by atoms with Crippen LogP contribution < -0.4 is 4.90 Å². The van der Waals surface area contributed by atoms with Crippen LogP contribution in [0.15, 0.2) is 18.2 Å². The number of aliphatic hydroxyl groups is 1. The third-order valence-electron chi connectivity index (χ3n) is 5.13. The number of piperazine rings is 1. The van der Waals surface area contributed by atoms with E-state index in [0.29, 0.717) is 0 Å². The monoisotopic (exact) mass is 290 g/mol. The van der Waals surface area contributed by atoms with Crippen LogP contribution in [-0.4, -0.2) is 49.3 Å². The van der Waals surface area contributed by atoms with Gasteiger partial charge in [-0.25, -0.2) is 0 Å². The molecule has 1 aromatic carbocycles. The summed E-state index contributed by atoms with van der Waals surface area (Å²) in [5, 5.41) is 9.58. The van der Waals surface area contributed by atoms with Crippen molar-refractivity contribution in [2.75, 3.05) is 44.2 Å². The summed E-state index contributed by atoms with van der Waals surface area (Å²) in [4.78, 5) is 5.00. The van der Waals surface area contributed by atoms with E-state index in [1.54, 1.807) is 0 Å². The largest absolute Gasteiger partial charge is 0.396 e. The molecular formula is C18H30N2O. The summed E-state index contributed by atoms with van der Waals surface area (Å²) in [6, 6.07) is 6.58. The average molecular weight is 290 g/mol. The van der Waals surface area contributed by atoms with E-state index >= 15 is 0 Å². The average Bonchev–Trinajstić information content (AvgIpc) is 2.51. The van der Waals surface area contributed by atoms with Gasteiger partial charge in [-0.2, -0.15) is 0 Å². The highest BCUT2D eigenvalue weighted by Gasteiger charge is 2.27. The number of hydrogen-bond donors (Lipinski definition) is 1. The second kappa shape index (κ2) is 6.80. The Labute approximate surface area is 129 Å².